The molecule has 2 aromatic rings. The van der Waals surface area contributed by atoms with E-state index in [-0.39, 0.29) is 5.82 Å². The van der Waals surface area contributed by atoms with Crippen molar-refractivity contribution in [2.45, 2.75) is 19.4 Å². The van der Waals surface area contributed by atoms with Crippen LogP contribution in [0.5, 0.6) is 0 Å². The zero-order chi connectivity index (χ0) is 17.1. The number of piperazine rings is 1. The summed E-state index contributed by atoms with van der Waals surface area (Å²) in [5, 5.41) is 0. The second-order valence-corrected chi connectivity index (χ2v) is 6.78. The molecule has 0 bridgehead atoms. The molecule has 0 spiro atoms. The van der Waals surface area contributed by atoms with Crippen LogP contribution in [0.25, 0.3) is 0 Å². The third-order valence-electron chi connectivity index (χ3n) is 5.12. The molecule has 5 nitrogen and oxygen atoms in total. The Bertz CT molecular complexity index is 708. The van der Waals surface area contributed by atoms with Gasteiger partial charge in [-0.25, -0.2) is 14.4 Å². The molecule has 132 valence electrons. The van der Waals surface area contributed by atoms with E-state index in [4.69, 9.17) is 0 Å². The van der Waals surface area contributed by atoms with Crippen molar-refractivity contribution in [3.63, 3.8) is 0 Å². The number of rotatable bonds is 4. The summed E-state index contributed by atoms with van der Waals surface area (Å²) < 4.78 is 13.8. The van der Waals surface area contributed by atoms with Crippen LogP contribution in [0.3, 0.4) is 0 Å². The molecule has 0 atom stereocenters. The summed E-state index contributed by atoms with van der Waals surface area (Å²) in [7, 11) is 0. The van der Waals surface area contributed by atoms with Gasteiger partial charge >= 0.3 is 0 Å². The van der Waals surface area contributed by atoms with Crippen molar-refractivity contribution in [3.8, 4) is 0 Å². The molecule has 25 heavy (non-hydrogen) atoms. The number of halogens is 1. The number of anilines is 2. The van der Waals surface area contributed by atoms with Gasteiger partial charge in [0.05, 0.1) is 0 Å². The third-order valence-corrected chi connectivity index (χ3v) is 5.12. The Kier molecular flexibility index (Phi) is 4.78. The van der Waals surface area contributed by atoms with Gasteiger partial charge in [-0.15, -0.1) is 0 Å². The quantitative estimate of drug-likeness (QED) is 0.854. The van der Waals surface area contributed by atoms with Gasteiger partial charge < -0.3 is 9.80 Å². The molecule has 0 aliphatic carbocycles. The topological polar surface area (TPSA) is 35.5 Å². The lowest BCUT2D eigenvalue weighted by molar-refractivity contribution is 0.246. The summed E-state index contributed by atoms with van der Waals surface area (Å²) in [6, 6.07) is 9.15. The van der Waals surface area contributed by atoms with Crippen molar-refractivity contribution in [1.82, 2.24) is 14.9 Å². The molecule has 4 rings (SSSR count). The number of benzene rings is 1. The second kappa shape index (κ2) is 7.35. The Morgan fingerprint density at radius 1 is 0.840 bits per heavy atom. The molecule has 1 aromatic heterocycles. The van der Waals surface area contributed by atoms with E-state index < -0.39 is 0 Å². The molecule has 0 unspecified atom stereocenters. The SMILES string of the molecule is Fc1ccccc1CN1CCN(c2cc(N3CCCC3)ncn2)CC1. The maximum Gasteiger partial charge on any atom is 0.134 e. The van der Waals surface area contributed by atoms with Gasteiger partial charge in [0.15, 0.2) is 0 Å². The van der Waals surface area contributed by atoms with E-state index in [0.717, 1.165) is 56.5 Å². The minimum absolute atomic E-state index is 0.115. The molecule has 3 heterocycles. The Morgan fingerprint density at radius 2 is 1.48 bits per heavy atom. The lowest BCUT2D eigenvalue weighted by atomic mass is 10.2. The van der Waals surface area contributed by atoms with Crippen LogP contribution in [0.15, 0.2) is 36.7 Å². The van der Waals surface area contributed by atoms with Crippen LogP contribution in [-0.4, -0.2) is 54.1 Å². The molecule has 2 aliphatic rings. The van der Waals surface area contributed by atoms with E-state index in [1.807, 2.05) is 12.1 Å². The minimum Gasteiger partial charge on any atom is -0.356 e. The van der Waals surface area contributed by atoms with Gasteiger partial charge in [-0.3, -0.25) is 4.90 Å². The van der Waals surface area contributed by atoms with Crippen molar-refractivity contribution in [2.75, 3.05) is 49.1 Å². The fourth-order valence-electron chi connectivity index (χ4n) is 3.63. The lowest BCUT2D eigenvalue weighted by Gasteiger charge is -2.35. The maximum absolute atomic E-state index is 13.8. The molecule has 2 aliphatic heterocycles. The summed E-state index contributed by atoms with van der Waals surface area (Å²) in [6.07, 6.45) is 4.16. The first-order chi connectivity index (χ1) is 12.3. The number of hydrogen-bond acceptors (Lipinski definition) is 5. The van der Waals surface area contributed by atoms with Gasteiger partial charge in [-0.1, -0.05) is 18.2 Å². The zero-order valence-corrected chi connectivity index (χ0v) is 14.4. The Morgan fingerprint density at radius 3 is 2.16 bits per heavy atom. The summed E-state index contributed by atoms with van der Waals surface area (Å²) in [5.74, 6) is 1.93. The minimum atomic E-state index is -0.115. The van der Waals surface area contributed by atoms with E-state index in [0.29, 0.717) is 6.54 Å². The Labute approximate surface area is 148 Å². The highest BCUT2D eigenvalue weighted by molar-refractivity contribution is 5.50. The lowest BCUT2D eigenvalue weighted by Crippen LogP contribution is -2.46. The van der Waals surface area contributed by atoms with Crippen LogP contribution in [-0.2, 0) is 6.54 Å². The predicted molar refractivity (Wildman–Crippen MR) is 97.4 cm³/mol. The van der Waals surface area contributed by atoms with E-state index >= 15 is 0 Å². The van der Waals surface area contributed by atoms with Gasteiger partial charge in [0, 0.05) is 57.4 Å². The first-order valence-electron chi connectivity index (χ1n) is 9.07. The van der Waals surface area contributed by atoms with Gasteiger partial charge in [-0.05, 0) is 18.9 Å². The van der Waals surface area contributed by atoms with Gasteiger partial charge in [0.2, 0.25) is 0 Å². The largest absolute Gasteiger partial charge is 0.356 e. The third kappa shape index (κ3) is 3.74. The highest BCUT2D eigenvalue weighted by Gasteiger charge is 2.21. The van der Waals surface area contributed by atoms with Crippen LogP contribution in [0.2, 0.25) is 0 Å². The zero-order valence-electron chi connectivity index (χ0n) is 14.4. The molecule has 0 amide bonds. The van der Waals surface area contributed by atoms with E-state index in [1.54, 1.807) is 12.4 Å². The summed E-state index contributed by atoms with van der Waals surface area (Å²) in [6.45, 7) is 6.49. The fourth-order valence-corrected chi connectivity index (χ4v) is 3.63. The summed E-state index contributed by atoms with van der Waals surface area (Å²) >= 11 is 0. The highest BCUT2D eigenvalue weighted by atomic mass is 19.1. The number of hydrogen-bond donors (Lipinski definition) is 0. The Hall–Kier alpha value is -2.21. The average Bonchev–Trinajstić information content (AvgIpc) is 3.19. The average molecular weight is 341 g/mol. The number of aromatic nitrogens is 2. The van der Waals surface area contributed by atoms with Gasteiger partial charge in [0.25, 0.3) is 0 Å². The first-order valence-corrected chi connectivity index (χ1v) is 9.07. The first kappa shape index (κ1) is 16.3. The molecule has 1 aromatic carbocycles. The smallest absolute Gasteiger partial charge is 0.134 e. The van der Waals surface area contributed by atoms with Crippen molar-refractivity contribution >= 4 is 11.6 Å². The highest BCUT2D eigenvalue weighted by Crippen LogP contribution is 2.22. The summed E-state index contributed by atoms with van der Waals surface area (Å²) in [5.41, 5.74) is 0.773. The molecule has 0 saturated carbocycles. The number of nitrogens with zero attached hydrogens (tertiary/aromatic N) is 5. The second-order valence-electron chi connectivity index (χ2n) is 6.78. The predicted octanol–water partition coefficient (Wildman–Crippen LogP) is 2.54. The van der Waals surface area contributed by atoms with Crippen LogP contribution in [0, 0.1) is 5.82 Å². The molecular weight excluding hydrogens is 317 g/mol. The maximum atomic E-state index is 13.8. The van der Waals surface area contributed by atoms with Crippen LogP contribution < -0.4 is 9.80 Å². The molecule has 2 fully saturated rings. The summed E-state index contributed by atoms with van der Waals surface area (Å²) in [4.78, 5) is 15.8. The van der Waals surface area contributed by atoms with E-state index in [9.17, 15) is 4.39 Å². The molecule has 0 N–H and O–H groups in total. The van der Waals surface area contributed by atoms with Gasteiger partial charge in [0.1, 0.15) is 23.8 Å². The molecule has 2 saturated heterocycles. The van der Waals surface area contributed by atoms with E-state index in [1.165, 1.54) is 18.9 Å². The Balaban J connectivity index is 1.37. The van der Waals surface area contributed by atoms with Gasteiger partial charge in [-0.2, -0.15) is 0 Å². The van der Waals surface area contributed by atoms with Crippen molar-refractivity contribution in [2.24, 2.45) is 0 Å². The van der Waals surface area contributed by atoms with Crippen LogP contribution in [0.1, 0.15) is 18.4 Å². The molecule has 0 radical (unpaired) electrons. The standard InChI is InChI=1S/C19H24FN5/c20-17-6-2-1-5-16(17)14-23-9-11-25(12-10-23)19-13-18(21-15-22-19)24-7-3-4-8-24/h1-2,5-6,13,15H,3-4,7-12,14H2. The van der Waals surface area contributed by atoms with Crippen molar-refractivity contribution in [3.05, 3.63) is 48.0 Å². The van der Waals surface area contributed by atoms with Crippen LogP contribution in [0.4, 0.5) is 16.0 Å². The fraction of sp³-hybridized carbons (Fsp3) is 0.474. The van der Waals surface area contributed by atoms with Crippen molar-refractivity contribution < 1.29 is 4.39 Å². The van der Waals surface area contributed by atoms with Crippen LogP contribution >= 0.6 is 0 Å². The van der Waals surface area contributed by atoms with E-state index in [2.05, 4.69) is 30.7 Å². The molecular formula is C19H24FN5. The normalized spacial score (nSPS) is 18.8. The molecule has 6 heteroatoms. The monoisotopic (exact) mass is 341 g/mol. The van der Waals surface area contributed by atoms with Crippen molar-refractivity contribution in [1.29, 1.82) is 0 Å².